The molecule has 7 heteroatoms. The average molecular weight is 367 g/mol. The minimum absolute atomic E-state index is 0.0507. The first-order valence-electron chi connectivity index (χ1n) is 8.76. The van der Waals surface area contributed by atoms with Crippen LogP contribution >= 0.6 is 0 Å². The van der Waals surface area contributed by atoms with E-state index in [0.29, 0.717) is 28.8 Å². The molecule has 0 unspecified atom stereocenters. The summed E-state index contributed by atoms with van der Waals surface area (Å²) in [7, 11) is 0. The van der Waals surface area contributed by atoms with E-state index < -0.39 is 0 Å². The predicted octanol–water partition coefficient (Wildman–Crippen LogP) is 3.85. The van der Waals surface area contributed by atoms with Crippen LogP contribution in [0.1, 0.15) is 13.8 Å². The summed E-state index contributed by atoms with van der Waals surface area (Å²) in [6.45, 7) is 3.94. The van der Waals surface area contributed by atoms with Crippen LogP contribution in [0.5, 0.6) is 0 Å². The van der Waals surface area contributed by atoms with E-state index >= 15 is 0 Å². The third-order valence-corrected chi connectivity index (χ3v) is 4.11. The van der Waals surface area contributed by atoms with E-state index in [1.807, 2.05) is 32.0 Å². The van der Waals surface area contributed by atoms with E-state index in [1.54, 1.807) is 30.5 Å². The summed E-state index contributed by atoms with van der Waals surface area (Å²) < 4.78 is 14.0. The van der Waals surface area contributed by atoms with Crippen molar-refractivity contribution in [3.05, 3.63) is 60.5 Å². The van der Waals surface area contributed by atoms with Gasteiger partial charge in [0.25, 0.3) is 0 Å². The van der Waals surface area contributed by atoms with Gasteiger partial charge >= 0.3 is 0 Å². The summed E-state index contributed by atoms with van der Waals surface area (Å²) in [5, 5.41) is 15.7. The molecule has 2 aromatic heterocycles. The summed E-state index contributed by atoms with van der Waals surface area (Å²) in [5.41, 5.74) is 1.58. The Bertz CT molecular complexity index is 889. The lowest BCUT2D eigenvalue weighted by molar-refractivity contribution is 0.248. The first-order chi connectivity index (χ1) is 13.1. The zero-order valence-corrected chi connectivity index (χ0v) is 15.2. The lowest BCUT2D eigenvalue weighted by Gasteiger charge is -2.20. The summed E-state index contributed by atoms with van der Waals surface area (Å²) in [6.07, 6.45) is 1.68. The van der Waals surface area contributed by atoms with Crippen molar-refractivity contribution in [2.45, 2.75) is 19.9 Å². The maximum Gasteiger partial charge on any atom is 0.225 e. The Balaban J connectivity index is 1.99. The first kappa shape index (κ1) is 18.7. The van der Waals surface area contributed by atoms with E-state index in [-0.39, 0.29) is 24.4 Å². The van der Waals surface area contributed by atoms with Crippen LogP contribution < -0.4 is 10.6 Å². The minimum Gasteiger partial charge on any atom is -0.394 e. The molecule has 0 saturated heterocycles. The number of pyridine rings is 1. The van der Waals surface area contributed by atoms with Crippen LogP contribution in [0.3, 0.4) is 0 Å². The molecule has 2 heterocycles. The molecular formula is C20H22FN5O. The van der Waals surface area contributed by atoms with Gasteiger partial charge in [0.15, 0.2) is 0 Å². The van der Waals surface area contributed by atoms with Gasteiger partial charge in [0.2, 0.25) is 5.95 Å². The second-order valence-electron chi connectivity index (χ2n) is 6.46. The van der Waals surface area contributed by atoms with Gasteiger partial charge in [0.1, 0.15) is 11.6 Å². The van der Waals surface area contributed by atoms with Gasteiger partial charge in [-0.25, -0.2) is 9.37 Å². The number of rotatable bonds is 7. The summed E-state index contributed by atoms with van der Waals surface area (Å²) in [4.78, 5) is 13.3. The Morgan fingerprint density at radius 3 is 2.48 bits per heavy atom. The number of hydrogen-bond donors (Lipinski definition) is 3. The van der Waals surface area contributed by atoms with Crippen molar-refractivity contribution in [3.8, 4) is 11.4 Å². The Morgan fingerprint density at radius 2 is 1.81 bits per heavy atom. The number of halogens is 1. The molecule has 1 atom stereocenters. The highest BCUT2D eigenvalue weighted by Gasteiger charge is 2.15. The van der Waals surface area contributed by atoms with Crippen molar-refractivity contribution in [1.29, 1.82) is 0 Å². The highest BCUT2D eigenvalue weighted by molar-refractivity contribution is 5.65. The lowest BCUT2D eigenvalue weighted by Crippen LogP contribution is -2.30. The van der Waals surface area contributed by atoms with E-state index in [1.165, 1.54) is 6.07 Å². The van der Waals surface area contributed by atoms with Gasteiger partial charge in [-0.2, -0.15) is 4.98 Å². The molecule has 0 aliphatic heterocycles. The Kier molecular flexibility index (Phi) is 5.93. The van der Waals surface area contributed by atoms with Gasteiger partial charge in [-0.3, -0.25) is 4.98 Å². The number of nitrogens with one attached hydrogen (secondary N) is 2. The average Bonchev–Trinajstić information content (AvgIpc) is 2.68. The molecule has 0 amide bonds. The largest absolute Gasteiger partial charge is 0.394 e. The van der Waals surface area contributed by atoms with E-state index in [0.717, 1.165) is 0 Å². The van der Waals surface area contributed by atoms with Gasteiger partial charge in [-0.1, -0.05) is 32.0 Å². The van der Waals surface area contributed by atoms with Crippen molar-refractivity contribution in [2.24, 2.45) is 5.92 Å². The highest BCUT2D eigenvalue weighted by Crippen LogP contribution is 2.24. The zero-order chi connectivity index (χ0) is 19.2. The Morgan fingerprint density at radius 1 is 1.04 bits per heavy atom. The van der Waals surface area contributed by atoms with Crippen molar-refractivity contribution >= 4 is 17.5 Å². The standard InChI is InChI=1S/C20H22FN5O/c1-13(2)18(12-27)25-20-24-17(16-9-5-6-10-22-16)11-19(26-20)23-15-8-4-3-7-14(15)21/h3-11,13,18,27H,12H2,1-2H3,(H2,23,24,25,26)/t18-/m0/s1. The van der Waals surface area contributed by atoms with Gasteiger partial charge in [-0.05, 0) is 30.2 Å². The monoisotopic (exact) mass is 367 g/mol. The lowest BCUT2D eigenvalue weighted by atomic mass is 10.1. The van der Waals surface area contributed by atoms with Crippen molar-refractivity contribution in [3.63, 3.8) is 0 Å². The zero-order valence-electron chi connectivity index (χ0n) is 15.2. The van der Waals surface area contributed by atoms with Crippen molar-refractivity contribution < 1.29 is 9.50 Å². The molecule has 0 saturated carbocycles. The maximum atomic E-state index is 14.0. The molecule has 0 aliphatic carbocycles. The second-order valence-corrected chi connectivity index (χ2v) is 6.46. The van der Waals surface area contributed by atoms with Gasteiger partial charge in [0, 0.05) is 12.3 Å². The van der Waals surface area contributed by atoms with E-state index in [4.69, 9.17) is 0 Å². The summed E-state index contributed by atoms with van der Waals surface area (Å²) in [6, 6.07) is 13.4. The molecule has 6 nitrogen and oxygen atoms in total. The molecule has 3 N–H and O–H groups in total. The molecule has 3 aromatic rings. The number of anilines is 3. The topological polar surface area (TPSA) is 83.0 Å². The van der Waals surface area contributed by atoms with E-state index in [2.05, 4.69) is 25.6 Å². The quantitative estimate of drug-likeness (QED) is 0.588. The molecule has 27 heavy (non-hydrogen) atoms. The number of aliphatic hydroxyl groups is 1. The minimum atomic E-state index is -0.375. The summed E-state index contributed by atoms with van der Waals surface area (Å²) in [5.74, 6) is 0.573. The van der Waals surface area contributed by atoms with Gasteiger partial charge in [-0.15, -0.1) is 0 Å². The van der Waals surface area contributed by atoms with Gasteiger partial charge < -0.3 is 15.7 Å². The van der Waals surface area contributed by atoms with Crippen LogP contribution in [0.4, 0.5) is 21.8 Å². The normalized spacial score (nSPS) is 12.0. The third-order valence-electron chi connectivity index (χ3n) is 4.11. The highest BCUT2D eigenvalue weighted by atomic mass is 19.1. The summed E-state index contributed by atoms with van der Waals surface area (Å²) >= 11 is 0. The molecule has 0 fully saturated rings. The Hall–Kier alpha value is -3.06. The van der Waals surface area contributed by atoms with E-state index in [9.17, 15) is 9.50 Å². The Labute approximate surface area is 157 Å². The van der Waals surface area contributed by atoms with Crippen LogP contribution in [0.25, 0.3) is 11.4 Å². The predicted molar refractivity (Wildman–Crippen MR) is 104 cm³/mol. The number of benzene rings is 1. The molecule has 0 radical (unpaired) electrons. The van der Waals surface area contributed by atoms with Crippen LogP contribution in [0, 0.1) is 11.7 Å². The number of aromatic nitrogens is 3. The number of para-hydroxylation sites is 1. The fraction of sp³-hybridized carbons (Fsp3) is 0.250. The molecule has 1 aromatic carbocycles. The molecule has 0 bridgehead atoms. The fourth-order valence-electron chi connectivity index (χ4n) is 2.51. The SMILES string of the molecule is CC(C)[C@H](CO)Nc1nc(Nc2ccccc2F)cc(-c2ccccn2)n1. The molecule has 0 aliphatic rings. The number of hydrogen-bond acceptors (Lipinski definition) is 6. The molecule has 3 rings (SSSR count). The first-order valence-corrected chi connectivity index (χ1v) is 8.76. The van der Waals surface area contributed by atoms with Crippen LogP contribution in [-0.2, 0) is 0 Å². The maximum absolute atomic E-state index is 14.0. The number of aliphatic hydroxyl groups excluding tert-OH is 1. The molecular weight excluding hydrogens is 345 g/mol. The van der Waals surface area contributed by atoms with Crippen molar-refractivity contribution in [1.82, 2.24) is 15.0 Å². The van der Waals surface area contributed by atoms with Crippen LogP contribution in [-0.4, -0.2) is 32.7 Å². The third kappa shape index (κ3) is 4.77. The van der Waals surface area contributed by atoms with Crippen LogP contribution in [0.2, 0.25) is 0 Å². The van der Waals surface area contributed by atoms with Gasteiger partial charge in [0.05, 0.1) is 29.7 Å². The molecule has 140 valence electrons. The fourth-order valence-corrected chi connectivity index (χ4v) is 2.51. The van der Waals surface area contributed by atoms with Crippen molar-refractivity contribution in [2.75, 3.05) is 17.2 Å². The smallest absolute Gasteiger partial charge is 0.225 e. The molecule has 0 spiro atoms. The van der Waals surface area contributed by atoms with Crippen LogP contribution in [0.15, 0.2) is 54.7 Å². The second kappa shape index (κ2) is 8.55. The number of nitrogens with zero attached hydrogens (tertiary/aromatic N) is 3.